The lowest BCUT2D eigenvalue weighted by molar-refractivity contribution is 0.669. The van der Waals surface area contributed by atoms with Gasteiger partial charge in [0.2, 0.25) is 0 Å². The Morgan fingerprint density at radius 3 is 2.04 bits per heavy atom. The number of hydrogen-bond acceptors (Lipinski definition) is 3. The van der Waals surface area contributed by atoms with Gasteiger partial charge in [0.15, 0.2) is 5.58 Å². The molecule has 0 radical (unpaired) electrons. The van der Waals surface area contributed by atoms with Crippen molar-refractivity contribution in [3.05, 3.63) is 176 Å². The zero-order valence-electron chi connectivity index (χ0n) is 26.5. The van der Waals surface area contributed by atoms with Crippen LogP contribution in [0.15, 0.2) is 180 Å². The molecule has 0 amide bonds. The Labute approximate surface area is 287 Å². The molecule has 0 fully saturated rings. The normalized spacial score (nSPS) is 11.7. The smallest absolute Gasteiger partial charge is 0.159 e. The largest absolute Gasteiger partial charge is 0.454 e. The molecule has 8 aromatic carbocycles. The Kier molecular flexibility index (Phi) is 6.39. The lowest BCUT2D eigenvalue weighted by Gasteiger charge is -2.29. The van der Waals surface area contributed by atoms with Gasteiger partial charge in [-0.2, -0.15) is 0 Å². The summed E-state index contributed by atoms with van der Waals surface area (Å²) < 4.78 is 9.24. The molecule has 0 aliphatic rings. The number of nitrogens with zero attached hydrogens (tertiary/aromatic N) is 1. The summed E-state index contributed by atoms with van der Waals surface area (Å²) in [5, 5.41) is 7.25. The molecule has 10 rings (SSSR count). The number of hydrogen-bond donors (Lipinski definition) is 0. The van der Waals surface area contributed by atoms with Crippen molar-refractivity contribution in [2.45, 2.75) is 0 Å². The van der Waals surface area contributed by atoms with Gasteiger partial charge >= 0.3 is 0 Å². The van der Waals surface area contributed by atoms with Crippen LogP contribution < -0.4 is 4.90 Å². The van der Waals surface area contributed by atoms with E-state index >= 15 is 0 Å². The average Bonchev–Trinajstić information content (AvgIpc) is 3.75. The fourth-order valence-corrected chi connectivity index (χ4v) is 8.56. The molecule has 0 spiro atoms. The molecule has 0 unspecified atom stereocenters. The lowest BCUT2D eigenvalue weighted by Crippen LogP contribution is -2.12. The molecule has 49 heavy (non-hydrogen) atoms. The molecule has 0 atom stereocenters. The second-order valence-corrected chi connectivity index (χ2v) is 13.6. The van der Waals surface area contributed by atoms with Crippen molar-refractivity contribution in [1.29, 1.82) is 0 Å². The van der Waals surface area contributed by atoms with Gasteiger partial charge in [-0.05, 0) is 63.9 Å². The van der Waals surface area contributed by atoms with E-state index in [1.807, 2.05) is 17.4 Å². The summed E-state index contributed by atoms with van der Waals surface area (Å²) in [4.78, 5) is 2.43. The topological polar surface area (TPSA) is 16.4 Å². The van der Waals surface area contributed by atoms with Crippen LogP contribution in [-0.2, 0) is 0 Å². The van der Waals surface area contributed by atoms with E-state index in [-0.39, 0.29) is 0 Å². The van der Waals surface area contributed by atoms with Gasteiger partial charge in [0.25, 0.3) is 0 Å². The highest BCUT2D eigenvalue weighted by molar-refractivity contribution is 7.26. The molecule has 3 heteroatoms. The van der Waals surface area contributed by atoms with E-state index in [0.717, 1.165) is 39.0 Å². The highest BCUT2D eigenvalue weighted by atomic mass is 32.1. The Balaban J connectivity index is 1.27. The van der Waals surface area contributed by atoms with Crippen molar-refractivity contribution >= 4 is 81.3 Å². The molecule has 10 aromatic rings. The van der Waals surface area contributed by atoms with Gasteiger partial charge in [0.05, 0.1) is 16.1 Å². The molecule has 0 aliphatic heterocycles. The molecular formula is C46H29NOS. The van der Waals surface area contributed by atoms with Gasteiger partial charge in [0, 0.05) is 37.5 Å². The van der Waals surface area contributed by atoms with E-state index in [9.17, 15) is 0 Å². The van der Waals surface area contributed by atoms with Crippen LogP contribution in [0, 0.1) is 0 Å². The van der Waals surface area contributed by atoms with Gasteiger partial charge in [-0.15, -0.1) is 11.3 Å². The highest BCUT2D eigenvalue weighted by Gasteiger charge is 2.25. The second kappa shape index (κ2) is 11.2. The Morgan fingerprint density at radius 2 is 1.16 bits per heavy atom. The molecule has 2 heterocycles. The van der Waals surface area contributed by atoms with Gasteiger partial charge in [-0.1, -0.05) is 140 Å². The first-order chi connectivity index (χ1) is 24.3. The van der Waals surface area contributed by atoms with E-state index < -0.39 is 0 Å². The molecule has 0 bridgehead atoms. The Bertz CT molecular complexity index is 2830. The molecule has 0 saturated carbocycles. The number of rotatable bonds is 5. The first-order valence-corrected chi connectivity index (χ1v) is 17.4. The maximum atomic E-state index is 6.72. The van der Waals surface area contributed by atoms with Crippen LogP contribution in [-0.4, -0.2) is 0 Å². The Morgan fingerprint density at radius 1 is 0.449 bits per heavy atom. The molecule has 0 aliphatic carbocycles. The first kappa shape index (κ1) is 27.9. The van der Waals surface area contributed by atoms with Gasteiger partial charge < -0.3 is 9.32 Å². The first-order valence-electron chi connectivity index (χ1n) is 16.6. The third kappa shape index (κ3) is 4.55. The SMILES string of the molecule is c1ccc(-c2ccc3c(sc4ccccc43)c2N(c2ccc(-c3ccc4ccccc4c3)cc2)c2cccc3c2oc2ccccc23)cc1. The minimum atomic E-state index is 0.874. The molecule has 0 saturated heterocycles. The summed E-state index contributed by atoms with van der Waals surface area (Å²) >= 11 is 1.85. The summed E-state index contributed by atoms with van der Waals surface area (Å²) in [5.74, 6) is 0. The third-order valence-electron chi connectivity index (χ3n) is 9.66. The van der Waals surface area contributed by atoms with Crippen molar-refractivity contribution in [3.8, 4) is 22.3 Å². The van der Waals surface area contributed by atoms with Crippen LogP contribution in [0.2, 0.25) is 0 Å². The van der Waals surface area contributed by atoms with Crippen LogP contribution >= 0.6 is 11.3 Å². The van der Waals surface area contributed by atoms with Crippen LogP contribution in [0.3, 0.4) is 0 Å². The fourth-order valence-electron chi connectivity index (χ4n) is 7.32. The van der Waals surface area contributed by atoms with Crippen LogP contribution in [0.4, 0.5) is 17.1 Å². The van der Waals surface area contributed by atoms with E-state index in [1.165, 1.54) is 53.2 Å². The standard InChI is InChI=1S/C46H29NOS/c1-2-12-32(13-3-1)36-27-28-40-38-16-7-9-20-43(38)49-46(40)44(36)47(41-18-10-17-39-37-15-6-8-19-42(37)48-45(39)41)35-25-23-31(24-26-35)34-22-21-30-11-4-5-14-33(30)29-34/h1-29H. The number of fused-ring (bicyclic) bond motifs is 7. The second-order valence-electron chi connectivity index (χ2n) is 12.5. The monoisotopic (exact) mass is 643 g/mol. The predicted molar refractivity (Wildman–Crippen MR) is 210 cm³/mol. The summed E-state index contributed by atoms with van der Waals surface area (Å²) in [6.07, 6.45) is 0. The molecule has 2 nitrogen and oxygen atoms in total. The zero-order chi connectivity index (χ0) is 32.3. The average molecular weight is 644 g/mol. The van der Waals surface area contributed by atoms with E-state index in [4.69, 9.17) is 4.42 Å². The minimum Gasteiger partial charge on any atom is -0.454 e. The van der Waals surface area contributed by atoms with Crippen LogP contribution in [0.1, 0.15) is 0 Å². The summed E-state index contributed by atoms with van der Waals surface area (Å²) in [6, 6.07) is 63.2. The van der Waals surface area contributed by atoms with Gasteiger partial charge in [-0.3, -0.25) is 0 Å². The van der Waals surface area contributed by atoms with Gasteiger partial charge in [-0.25, -0.2) is 0 Å². The zero-order valence-corrected chi connectivity index (χ0v) is 27.3. The van der Waals surface area contributed by atoms with Crippen LogP contribution in [0.25, 0.3) is 75.1 Å². The van der Waals surface area contributed by atoms with Crippen molar-refractivity contribution in [2.75, 3.05) is 4.90 Å². The molecule has 2 aromatic heterocycles. The lowest BCUT2D eigenvalue weighted by atomic mass is 9.98. The Hall–Kier alpha value is -6.16. The maximum absolute atomic E-state index is 6.72. The summed E-state index contributed by atoms with van der Waals surface area (Å²) in [5.41, 5.74) is 9.72. The van der Waals surface area contributed by atoms with Gasteiger partial charge in [0.1, 0.15) is 5.58 Å². The predicted octanol–water partition coefficient (Wildman–Crippen LogP) is 13.9. The van der Waals surface area contributed by atoms with Crippen molar-refractivity contribution in [1.82, 2.24) is 0 Å². The quantitative estimate of drug-likeness (QED) is 0.186. The van der Waals surface area contributed by atoms with E-state index in [0.29, 0.717) is 0 Å². The van der Waals surface area contributed by atoms with Crippen LogP contribution in [0.5, 0.6) is 0 Å². The number of furan rings is 1. The maximum Gasteiger partial charge on any atom is 0.159 e. The summed E-state index contributed by atoms with van der Waals surface area (Å²) in [7, 11) is 0. The van der Waals surface area contributed by atoms with Crippen molar-refractivity contribution in [2.24, 2.45) is 0 Å². The number of benzene rings is 8. The fraction of sp³-hybridized carbons (Fsp3) is 0. The van der Waals surface area contributed by atoms with Crippen molar-refractivity contribution in [3.63, 3.8) is 0 Å². The number of para-hydroxylation sites is 2. The third-order valence-corrected chi connectivity index (χ3v) is 10.9. The minimum absolute atomic E-state index is 0.874. The summed E-state index contributed by atoms with van der Waals surface area (Å²) in [6.45, 7) is 0. The molecular weight excluding hydrogens is 615 g/mol. The van der Waals surface area contributed by atoms with Crippen molar-refractivity contribution < 1.29 is 4.42 Å². The molecule has 0 N–H and O–H groups in total. The van der Waals surface area contributed by atoms with E-state index in [2.05, 4.69) is 175 Å². The number of thiophene rings is 1. The molecule has 230 valence electrons. The highest BCUT2D eigenvalue weighted by Crippen LogP contribution is 2.51. The number of anilines is 3. The van der Waals surface area contributed by atoms with E-state index in [1.54, 1.807) is 0 Å².